The van der Waals surface area contributed by atoms with Crippen molar-refractivity contribution in [1.29, 1.82) is 0 Å². The van der Waals surface area contributed by atoms with Gasteiger partial charge in [0, 0.05) is 13.1 Å². The fraction of sp³-hybridized carbons (Fsp3) is 0.846. The first-order chi connectivity index (χ1) is 8.13. The van der Waals surface area contributed by atoms with Crippen LogP contribution >= 0.6 is 0 Å². The molecule has 2 aliphatic rings. The first kappa shape index (κ1) is 12.4. The zero-order valence-corrected chi connectivity index (χ0v) is 10.8. The summed E-state index contributed by atoms with van der Waals surface area (Å²) in [6, 6.07) is -0.158. The molecule has 0 bridgehead atoms. The minimum Gasteiger partial charge on any atom is -0.331 e. The molecule has 2 rings (SSSR count). The number of hydrogen-bond acceptors (Lipinski definition) is 2. The second-order valence-electron chi connectivity index (χ2n) is 5.33. The van der Waals surface area contributed by atoms with Gasteiger partial charge in [-0.05, 0) is 25.2 Å². The number of hydrogen-bond donors (Lipinski definition) is 0. The number of piperidine rings is 1. The van der Waals surface area contributed by atoms with E-state index in [1.165, 1.54) is 0 Å². The van der Waals surface area contributed by atoms with Gasteiger partial charge >= 0.3 is 0 Å². The molecule has 2 heterocycles. The summed E-state index contributed by atoms with van der Waals surface area (Å²) in [5.74, 6) is 0.782. The van der Waals surface area contributed by atoms with E-state index < -0.39 is 0 Å². The minimum atomic E-state index is -0.158. The summed E-state index contributed by atoms with van der Waals surface area (Å²) in [6.45, 7) is 6.04. The zero-order valence-electron chi connectivity index (χ0n) is 10.8. The lowest BCUT2D eigenvalue weighted by atomic mass is 9.97. The van der Waals surface area contributed by atoms with Crippen molar-refractivity contribution in [1.82, 2.24) is 9.80 Å². The molecule has 4 heteroatoms. The molecular formula is C13H22N2O2. The summed E-state index contributed by atoms with van der Waals surface area (Å²) < 4.78 is 0. The molecule has 0 spiro atoms. The van der Waals surface area contributed by atoms with Crippen LogP contribution in [0.2, 0.25) is 0 Å². The van der Waals surface area contributed by atoms with E-state index in [2.05, 4.69) is 13.8 Å². The normalized spacial score (nSPS) is 27.1. The molecule has 17 heavy (non-hydrogen) atoms. The van der Waals surface area contributed by atoms with Crippen LogP contribution in [0.4, 0.5) is 0 Å². The third kappa shape index (κ3) is 2.45. The van der Waals surface area contributed by atoms with Crippen molar-refractivity contribution in [3.05, 3.63) is 0 Å². The molecule has 0 radical (unpaired) electrons. The number of rotatable bonds is 3. The van der Waals surface area contributed by atoms with Gasteiger partial charge in [-0.15, -0.1) is 0 Å². The number of fused-ring (bicyclic) bond motifs is 1. The maximum absolute atomic E-state index is 12.3. The third-order valence-corrected chi connectivity index (χ3v) is 3.97. The summed E-state index contributed by atoms with van der Waals surface area (Å²) in [5.41, 5.74) is 0. The Morgan fingerprint density at radius 3 is 2.82 bits per heavy atom. The smallest absolute Gasteiger partial charge is 0.245 e. The van der Waals surface area contributed by atoms with E-state index in [1.807, 2.05) is 0 Å². The molecule has 2 aliphatic heterocycles. The molecule has 0 aromatic rings. The molecule has 2 fully saturated rings. The Morgan fingerprint density at radius 1 is 1.35 bits per heavy atom. The molecule has 0 aromatic heterocycles. The summed E-state index contributed by atoms with van der Waals surface area (Å²) in [6.07, 6.45) is 4.01. The van der Waals surface area contributed by atoms with E-state index in [0.717, 1.165) is 38.8 Å². The van der Waals surface area contributed by atoms with Gasteiger partial charge in [0.1, 0.15) is 6.04 Å². The van der Waals surface area contributed by atoms with Crippen molar-refractivity contribution in [3.8, 4) is 0 Å². The first-order valence-electron chi connectivity index (χ1n) is 6.71. The molecule has 96 valence electrons. The van der Waals surface area contributed by atoms with Gasteiger partial charge < -0.3 is 9.80 Å². The molecule has 0 N–H and O–H groups in total. The van der Waals surface area contributed by atoms with Crippen molar-refractivity contribution in [3.63, 3.8) is 0 Å². The van der Waals surface area contributed by atoms with Crippen molar-refractivity contribution in [2.45, 2.75) is 45.6 Å². The van der Waals surface area contributed by atoms with Crippen molar-refractivity contribution in [2.24, 2.45) is 5.92 Å². The summed E-state index contributed by atoms with van der Waals surface area (Å²) in [7, 11) is 0. The standard InChI is InChI=1S/C13H22N2O2/c1-3-10(2)8-14-9-12(16)15-7-5-4-6-11(15)13(14)17/h10-11H,3-9H2,1-2H3. The highest BCUT2D eigenvalue weighted by Gasteiger charge is 2.40. The Bertz CT molecular complexity index is 317. The van der Waals surface area contributed by atoms with Gasteiger partial charge in [0.15, 0.2) is 0 Å². The molecule has 4 nitrogen and oxygen atoms in total. The topological polar surface area (TPSA) is 40.6 Å². The van der Waals surface area contributed by atoms with Gasteiger partial charge in [-0.2, -0.15) is 0 Å². The lowest BCUT2D eigenvalue weighted by Crippen LogP contribution is -2.61. The summed E-state index contributed by atoms with van der Waals surface area (Å²) >= 11 is 0. The van der Waals surface area contributed by atoms with E-state index in [0.29, 0.717) is 12.5 Å². The van der Waals surface area contributed by atoms with Crippen molar-refractivity contribution in [2.75, 3.05) is 19.6 Å². The highest BCUT2D eigenvalue weighted by atomic mass is 16.2. The van der Waals surface area contributed by atoms with Gasteiger partial charge in [0.05, 0.1) is 6.54 Å². The molecule has 2 unspecified atom stereocenters. The van der Waals surface area contributed by atoms with Crippen LogP contribution in [0.5, 0.6) is 0 Å². The Labute approximate surface area is 103 Å². The molecule has 0 aliphatic carbocycles. The summed E-state index contributed by atoms with van der Waals surface area (Å²) in [5, 5.41) is 0. The lowest BCUT2D eigenvalue weighted by molar-refractivity contribution is -0.158. The molecule has 2 atom stereocenters. The highest BCUT2D eigenvalue weighted by molar-refractivity contribution is 5.95. The SMILES string of the molecule is CCC(C)CN1CC(=O)N2CCCCC2C1=O. The van der Waals surface area contributed by atoms with Crippen molar-refractivity contribution < 1.29 is 9.59 Å². The quantitative estimate of drug-likeness (QED) is 0.742. The van der Waals surface area contributed by atoms with Gasteiger partial charge in [-0.25, -0.2) is 0 Å². The van der Waals surface area contributed by atoms with Gasteiger partial charge in [-0.3, -0.25) is 9.59 Å². The second kappa shape index (κ2) is 5.07. The van der Waals surface area contributed by atoms with Gasteiger partial charge in [-0.1, -0.05) is 20.3 Å². The van der Waals surface area contributed by atoms with E-state index in [1.54, 1.807) is 9.80 Å². The van der Waals surface area contributed by atoms with Crippen LogP contribution in [0.25, 0.3) is 0 Å². The van der Waals surface area contributed by atoms with Crippen LogP contribution in [0.3, 0.4) is 0 Å². The number of amides is 2. The predicted molar refractivity (Wildman–Crippen MR) is 65.4 cm³/mol. The van der Waals surface area contributed by atoms with Crippen LogP contribution < -0.4 is 0 Å². The molecule has 2 saturated heterocycles. The van der Waals surface area contributed by atoms with Crippen LogP contribution in [0.1, 0.15) is 39.5 Å². The third-order valence-electron chi connectivity index (χ3n) is 3.97. The number of carbonyl (C=O) groups excluding carboxylic acids is 2. The average molecular weight is 238 g/mol. The molecular weight excluding hydrogens is 216 g/mol. The van der Waals surface area contributed by atoms with E-state index in [4.69, 9.17) is 0 Å². The molecule has 0 saturated carbocycles. The number of nitrogens with zero attached hydrogens (tertiary/aromatic N) is 2. The van der Waals surface area contributed by atoms with Crippen LogP contribution in [-0.4, -0.2) is 47.3 Å². The van der Waals surface area contributed by atoms with Crippen molar-refractivity contribution >= 4 is 11.8 Å². The maximum atomic E-state index is 12.3. The van der Waals surface area contributed by atoms with E-state index in [9.17, 15) is 9.59 Å². The van der Waals surface area contributed by atoms with Crippen LogP contribution in [0.15, 0.2) is 0 Å². The Hall–Kier alpha value is -1.06. The molecule has 0 aromatic carbocycles. The first-order valence-corrected chi connectivity index (χ1v) is 6.71. The highest BCUT2D eigenvalue weighted by Crippen LogP contribution is 2.23. The zero-order chi connectivity index (χ0) is 12.4. The van der Waals surface area contributed by atoms with Gasteiger partial charge in [0.2, 0.25) is 11.8 Å². The van der Waals surface area contributed by atoms with E-state index in [-0.39, 0.29) is 17.9 Å². The summed E-state index contributed by atoms with van der Waals surface area (Å²) in [4.78, 5) is 27.8. The Morgan fingerprint density at radius 2 is 2.12 bits per heavy atom. The predicted octanol–water partition coefficient (Wildman–Crippen LogP) is 1.26. The minimum absolute atomic E-state index is 0.137. The average Bonchev–Trinajstić information content (AvgIpc) is 2.35. The van der Waals surface area contributed by atoms with Gasteiger partial charge in [0.25, 0.3) is 0 Å². The fourth-order valence-corrected chi connectivity index (χ4v) is 2.69. The Kier molecular flexibility index (Phi) is 3.69. The fourth-order valence-electron chi connectivity index (χ4n) is 2.69. The van der Waals surface area contributed by atoms with Crippen LogP contribution in [-0.2, 0) is 9.59 Å². The number of carbonyl (C=O) groups is 2. The van der Waals surface area contributed by atoms with Crippen LogP contribution in [0, 0.1) is 5.92 Å². The monoisotopic (exact) mass is 238 g/mol. The number of piperazine rings is 1. The maximum Gasteiger partial charge on any atom is 0.245 e. The lowest BCUT2D eigenvalue weighted by Gasteiger charge is -2.43. The Balaban J connectivity index is 2.06. The van der Waals surface area contributed by atoms with E-state index >= 15 is 0 Å². The molecule has 2 amide bonds. The second-order valence-corrected chi connectivity index (χ2v) is 5.33. The largest absolute Gasteiger partial charge is 0.331 e.